The van der Waals surface area contributed by atoms with Crippen LogP contribution in [0.3, 0.4) is 0 Å². The number of hydrogen-bond acceptors (Lipinski definition) is 4. The Balaban J connectivity index is 1.88. The maximum Gasteiger partial charge on any atom is 0.327 e. The first kappa shape index (κ1) is 13.6. The van der Waals surface area contributed by atoms with Crippen molar-refractivity contribution in [1.82, 2.24) is 19.4 Å². The number of hydrogen-bond donors (Lipinski definition) is 1. The fourth-order valence-electron chi connectivity index (χ4n) is 2.54. The van der Waals surface area contributed by atoms with Gasteiger partial charge in [-0.1, -0.05) is 11.6 Å². The highest BCUT2D eigenvalue weighted by Gasteiger charge is 2.15. The van der Waals surface area contributed by atoms with E-state index >= 15 is 0 Å². The van der Waals surface area contributed by atoms with Crippen molar-refractivity contribution in [3.05, 3.63) is 27.3 Å². The van der Waals surface area contributed by atoms with Crippen LogP contribution in [0.5, 0.6) is 0 Å². The average Bonchev–Trinajstić information content (AvgIpc) is 2.78. The number of pyridine rings is 1. The van der Waals surface area contributed by atoms with Gasteiger partial charge >= 0.3 is 5.69 Å². The summed E-state index contributed by atoms with van der Waals surface area (Å²) in [6.45, 7) is 6.70. The van der Waals surface area contributed by atoms with Crippen molar-refractivity contribution in [1.29, 1.82) is 0 Å². The first-order chi connectivity index (χ1) is 9.66. The van der Waals surface area contributed by atoms with Crippen LogP contribution in [0.1, 0.15) is 5.56 Å². The van der Waals surface area contributed by atoms with Gasteiger partial charge in [0.1, 0.15) is 0 Å². The number of fused-ring (bicyclic) bond motifs is 1. The Labute approximate surface area is 121 Å². The number of nitrogens with zero attached hydrogens (tertiary/aromatic N) is 3. The zero-order valence-electron chi connectivity index (χ0n) is 11.4. The Bertz CT molecular complexity index is 673. The van der Waals surface area contributed by atoms with E-state index in [1.807, 2.05) is 6.92 Å². The van der Waals surface area contributed by atoms with Crippen LogP contribution in [-0.4, -0.2) is 52.3 Å². The third kappa shape index (κ3) is 2.46. The summed E-state index contributed by atoms with van der Waals surface area (Å²) in [5.74, 6) is 0. The van der Waals surface area contributed by atoms with Crippen molar-refractivity contribution in [3.63, 3.8) is 0 Å². The third-order valence-electron chi connectivity index (χ3n) is 3.73. The van der Waals surface area contributed by atoms with Crippen LogP contribution < -0.4 is 5.69 Å². The number of nitrogens with one attached hydrogen (secondary N) is 1. The number of rotatable bonds is 3. The summed E-state index contributed by atoms with van der Waals surface area (Å²) in [7, 11) is 0. The molecule has 1 fully saturated rings. The number of aryl methyl sites for hydroxylation is 1. The highest BCUT2D eigenvalue weighted by atomic mass is 35.5. The molecule has 1 aliphatic rings. The van der Waals surface area contributed by atoms with Crippen molar-refractivity contribution in [2.75, 3.05) is 32.8 Å². The summed E-state index contributed by atoms with van der Waals surface area (Å²) in [4.78, 5) is 21.3. The predicted octanol–water partition coefficient (Wildman–Crippen LogP) is 1.02. The first-order valence-corrected chi connectivity index (χ1v) is 7.08. The normalized spacial score (nSPS) is 16.9. The smallest absolute Gasteiger partial charge is 0.327 e. The molecular formula is C13H17ClN4O2. The molecule has 20 heavy (non-hydrogen) atoms. The van der Waals surface area contributed by atoms with E-state index < -0.39 is 0 Å². The van der Waals surface area contributed by atoms with E-state index in [9.17, 15) is 4.79 Å². The lowest BCUT2D eigenvalue weighted by Crippen LogP contribution is -2.39. The van der Waals surface area contributed by atoms with E-state index in [0.29, 0.717) is 17.2 Å². The minimum absolute atomic E-state index is 0.133. The Morgan fingerprint density at radius 3 is 2.90 bits per heavy atom. The predicted molar refractivity (Wildman–Crippen MR) is 77.4 cm³/mol. The average molecular weight is 297 g/mol. The molecule has 0 aliphatic carbocycles. The molecule has 3 heterocycles. The molecule has 2 aromatic rings. The van der Waals surface area contributed by atoms with E-state index in [-0.39, 0.29) is 5.69 Å². The fourth-order valence-corrected chi connectivity index (χ4v) is 2.68. The van der Waals surface area contributed by atoms with E-state index in [2.05, 4.69) is 14.9 Å². The molecule has 7 heteroatoms. The summed E-state index contributed by atoms with van der Waals surface area (Å²) in [5, 5.41) is 0.580. The number of morpholine rings is 1. The minimum atomic E-state index is -0.133. The van der Waals surface area contributed by atoms with E-state index in [1.54, 1.807) is 10.8 Å². The van der Waals surface area contributed by atoms with E-state index in [4.69, 9.17) is 16.3 Å². The molecule has 0 bridgehead atoms. The molecule has 6 nitrogen and oxygen atoms in total. The summed E-state index contributed by atoms with van der Waals surface area (Å²) in [5.41, 5.74) is 2.15. The van der Waals surface area contributed by atoms with Gasteiger partial charge in [0.15, 0.2) is 5.65 Å². The second-order valence-corrected chi connectivity index (χ2v) is 5.37. The van der Waals surface area contributed by atoms with Crippen LogP contribution in [0, 0.1) is 6.92 Å². The Hall–Kier alpha value is -1.37. The van der Waals surface area contributed by atoms with Crippen molar-refractivity contribution in [2.24, 2.45) is 0 Å². The molecule has 1 N–H and O–H groups in total. The van der Waals surface area contributed by atoms with E-state index in [0.717, 1.165) is 43.9 Å². The Morgan fingerprint density at radius 1 is 1.40 bits per heavy atom. The zero-order chi connectivity index (χ0) is 14.1. The van der Waals surface area contributed by atoms with Crippen LogP contribution >= 0.6 is 11.6 Å². The molecule has 0 atom stereocenters. The maximum absolute atomic E-state index is 12.1. The van der Waals surface area contributed by atoms with Gasteiger partial charge in [-0.15, -0.1) is 0 Å². The summed E-state index contributed by atoms with van der Waals surface area (Å²) < 4.78 is 7.04. The Kier molecular flexibility index (Phi) is 3.78. The van der Waals surface area contributed by atoms with Gasteiger partial charge in [-0.2, -0.15) is 0 Å². The van der Waals surface area contributed by atoms with Crippen molar-refractivity contribution in [2.45, 2.75) is 13.5 Å². The Morgan fingerprint density at radius 2 is 2.15 bits per heavy atom. The summed E-state index contributed by atoms with van der Waals surface area (Å²) in [6.07, 6.45) is 1.57. The van der Waals surface area contributed by atoms with Crippen LogP contribution in [0.2, 0.25) is 5.02 Å². The van der Waals surface area contributed by atoms with Crippen LogP contribution in [-0.2, 0) is 11.3 Å². The van der Waals surface area contributed by atoms with Gasteiger partial charge in [0, 0.05) is 32.4 Å². The first-order valence-electron chi connectivity index (χ1n) is 6.70. The number of H-pyrrole nitrogens is 1. The van der Waals surface area contributed by atoms with Gasteiger partial charge in [-0.25, -0.2) is 9.78 Å². The monoisotopic (exact) mass is 296 g/mol. The van der Waals surface area contributed by atoms with Crippen molar-refractivity contribution < 1.29 is 4.74 Å². The summed E-state index contributed by atoms with van der Waals surface area (Å²) in [6, 6.07) is 0. The van der Waals surface area contributed by atoms with Gasteiger partial charge in [0.2, 0.25) is 0 Å². The lowest BCUT2D eigenvalue weighted by molar-refractivity contribution is 0.0364. The van der Waals surface area contributed by atoms with Gasteiger partial charge in [-0.05, 0) is 12.5 Å². The SMILES string of the molecule is Cc1c(Cl)cnc2[nH]c(=O)n(CCN3CCOCC3)c12. The molecule has 0 unspecified atom stereocenters. The van der Waals surface area contributed by atoms with Gasteiger partial charge in [0.05, 0.1) is 23.8 Å². The lowest BCUT2D eigenvalue weighted by Gasteiger charge is -2.26. The molecule has 0 spiro atoms. The topological polar surface area (TPSA) is 63.2 Å². The van der Waals surface area contributed by atoms with E-state index in [1.165, 1.54) is 0 Å². The largest absolute Gasteiger partial charge is 0.379 e. The van der Waals surface area contributed by atoms with Crippen LogP contribution in [0.4, 0.5) is 0 Å². The quantitative estimate of drug-likeness (QED) is 0.918. The molecular weight excluding hydrogens is 280 g/mol. The lowest BCUT2D eigenvalue weighted by atomic mass is 10.2. The standard InChI is InChI=1S/C13H17ClN4O2/c1-9-10(14)8-15-12-11(9)18(13(19)16-12)3-2-17-4-6-20-7-5-17/h8H,2-7H2,1H3,(H,15,16,19). The van der Waals surface area contributed by atoms with Gasteiger partial charge in [0.25, 0.3) is 0 Å². The molecule has 1 saturated heterocycles. The number of aromatic amines is 1. The number of ether oxygens (including phenoxy) is 1. The molecule has 1 aliphatic heterocycles. The highest BCUT2D eigenvalue weighted by molar-refractivity contribution is 6.31. The maximum atomic E-state index is 12.1. The molecule has 3 rings (SSSR count). The molecule has 0 radical (unpaired) electrons. The summed E-state index contributed by atoms with van der Waals surface area (Å²) >= 11 is 6.10. The highest BCUT2D eigenvalue weighted by Crippen LogP contribution is 2.21. The minimum Gasteiger partial charge on any atom is -0.379 e. The van der Waals surface area contributed by atoms with Crippen LogP contribution in [0.15, 0.2) is 11.0 Å². The van der Waals surface area contributed by atoms with Crippen molar-refractivity contribution >= 4 is 22.8 Å². The molecule has 0 aromatic carbocycles. The third-order valence-corrected chi connectivity index (χ3v) is 4.11. The molecule has 0 saturated carbocycles. The number of aromatic nitrogens is 3. The molecule has 2 aromatic heterocycles. The van der Waals surface area contributed by atoms with Crippen LogP contribution in [0.25, 0.3) is 11.2 Å². The fraction of sp³-hybridized carbons (Fsp3) is 0.538. The zero-order valence-corrected chi connectivity index (χ0v) is 12.1. The van der Waals surface area contributed by atoms with Gasteiger partial charge < -0.3 is 4.74 Å². The molecule has 0 amide bonds. The second-order valence-electron chi connectivity index (χ2n) is 4.96. The molecule has 108 valence electrons. The number of halogens is 1. The van der Waals surface area contributed by atoms with Gasteiger partial charge in [-0.3, -0.25) is 14.5 Å². The van der Waals surface area contributed by atoms with Crippen molar-refractivity contribution in [3.8, 4) is 0 Å². The number of imidazole rings is 1. The second kappa shape index (κ2) is 5.55.